The second-order valence-corrected chi connectivity index (χ2v) is 8.49. The highest BCUT2D eigenvalue weighted by atomic mass is 79.9. The van der Waals surface area contributed by atoms with Crippen LogP contribution in [0.3, 0.4) is 0 Å². The first-order chi connectivity index (χ1) is 14.4. The summed E-state index contributed by atoms with van der Waals surface area (Å²) in [6.45, 7) is 0.790. The molecular weight excluding hydrogens is 494 g/mol. The number of carbonyl (C=O) groups excluding carboxylic acids is 2. The molecule has 6 nitrogen and oxygen atoms in total. The fourth-order valence-corrected chi connectivity index (χ4v) is 4.20. The zero-order valence-electron chi connectivity index (χ0n) is 16.3. The Morgan fingerprint density at radius 2 is 1.93 bits per heavy atom. The fraction of sp³-hybridized carbons (Fsp3) is 0.238. The highest BCUT2D eigenvalue weighted by Crippen LogP contribution is 2.38. The van der Waals surface area contributed by atoms with Gasteiger partial charge in [-0.15, -0.1) is 0 Å². The van der Waals surface area contributed by atoms with Crippen molar-refractivity contribution in [2.45, 2.75) is 6.61 Å². The van der Waals surface area contributed by atoms with Crippen LogP contribution >= 0.6 is 39.3 Å². The Kier molecular flexibility index (Phi) is 7.82. The van der Waals surface area contributed by atoms with Gasteiger partial charge < -0.3 is 14.2 Å². The van der Waals surface area contributed by atoms with Crippen LogP contribution in [-0.4, -0.2) is 43.4 Å². The average molecular weight is 513 g/mol. The van der Waals surface area contributed by atoms with Gasteiger partial charge >= 0.3 is 0 Å². The Bertz CT molecular complexity index is 997. The number of imide groups is 1. The number of benzene rings is 2. The Balaban J connectivity index is 1.82. The topological polar surface area (TPSA) is 65.1 Å². The molecule has 1 aliphatic rings. The SMILES string of the molecule is COCCN1C(=O)S/C(=C/c2cc(OC)c(OCc3ccccc3Cl)cc2Br)C1=O. The largest absolute Gasteiger partial charge is 0.493 e. The molecule has 0 aliphatic carbocycles. The number of hydrogen-bond acceptors (Lipinski definition) is 6. The molecule has 0 unspecified atom stereocenters. The van der Waals surface area contributed by atoms with E-state index in [1.807, 2.05) is 18.2 Å². The van der Waals surface area contributed by atoms with Crippen LogP contribution < -0.4 is 9.47 Å². The van der Waals surface area contributed by atoms with Crippen molar-refractivity contribution in [3.05, 3.63) is 61.9 Å². The van der Waals surface area contributed by atoms with Crippen LogP contribution in [0, 0.1) is 0 Å². The van der Waals surface area contributed by atoms with E-state index >= 15 is 0 Å². The van der Waals surface area contributed by atoms with E-state index < -0.39 is 0 Å². The van der Waals surface area contributed by atoms with Gasteiger partial charge in [-0.2, -0.15) is 0 Å². The summed E-state index contributed by atoms with van der Waals surface area (Å²) in [5, 5.41) is 0.308. The molecule has 0 aromatic heterocycles. The van der Waals surface area contributed by atoms with Crippen LogP contribution in [-0.2, 0) is 16.1 Å². The Morgan fingerprint density at radius 1 is 1.17 bits per heavy atom. The minimum Gasteiger partial charge on any atom is -0.493 e. The summed E-state index contributed by atoms with van der Waals surface area (Å²) in [6.07, 6.45) is 1.65. The first-order valence-corrected chi connectivity index (χ1v) is 10.9. The molecule has 1 fully saturated rings. The predicted molar refractivity (Wildman–Crippen MR) is 121 cm³/mol. The third-order valence-electron chi connectivity index (χ3n) is 4.30. The van der Waals surface area contributed by atoms with E-state index in [4.69, 9.17) is 25.8 Å². The number of rotatable bonds is 8. The fourth-order valence-electron chi connectivity index (χ4n) is 2.72. The quantitative estimate of drug-likeness (QED) is 0.443. The number of nitrogens with zero attached hydrogens (tertiary/aromatic N) is 1. The summed E-state index contributed by atoms with van der Waals surface area (Å²) in [4.78, 5) is 26.1. The number of amides is 2. The van der Waals surface area contributed by atoms with Gasteiger partial charge in [0.15, 0.2) is 11.5 Å². The van der Waals surface area contributed by atoms with Gasteiger partial charge in [0.25, 0.3) is 11.1 Å². The van der Waals surface area contributed by atoms with Crippen molar-refractivity contribution in [2.24, 2.45) is 0 Å². The summed E-state index contributed by atoms with van der Waals surface area (Å²) in [6, 6.07) is 10.9. The summed E-state index contributed by atoms with van der Waals surface area (Å²) in [5.41, 5.74) is 1.54. The lowest BCUT2D eigenvalue weighted by molar-refractivity contribution is -0.123. The number of halogens is 2. The van der Waals surface area contributed by atoms with Crippen molar-refractivity contribution in [1.29, 1.82) is 0 Å². The van der Waals surface area contributed by atoms with Crippen LogP contribution in [0.4, 0.5) is 4.79 Å². The minimum absolute atomic E-state index is 0.220. The van der Waals surface area contributed by atoms with E-state index in [0.29, 0.717) is 38.1 Å². The Labute approximate surface area is 192 Å². The molecule has 30 heavy (non-hydrogen) atoms. The van der Waals surface area contributed by atoms with Gasteiger partial charge in [0, 0.05) is 22.2 Å². The van der Waals surface area contributed by atoms with E-state index in [0.717, 1.165) is 17.3 Å². The summed E-state index contributed by atoms with van der Waals surface area (Å²) < 4.78 is 17.0. The van der Waals surface area contributed by atoms with E-state index in [2.05, 4.69) is 15.9 Å². The van der Waals surface area contributed by atoms with E-state index in [9.17, 15) is 9.59 Å². The van der Waals surface area contributed by atoms with Crippen molar-refractivity contribution in [1.82, 2.24) is 4.90 Å². The van der Waals surface area contributed by atoms with Crippen LogP contribution in [0.2, 0.25) is 5.02 Å². The molecule has 158 valence electrons. The van der Waals surface area contributed by atoms with Crippen molar-refractivity contribution in [3.63, 3.8) is 0 Å². The van der Waals surface area contributed by atoms with E-state index in [1.54, 1.807) is 24.3 Å². The molecule has 2 aromatic carbocycles. The van der Waals surface area contributed by atoms with E-state index in [1.165, 1.54) is 19.1 Å². The van der Waals surface area contributed by atoms with Gasteiger partial charge in [-0.05, 0) is 41.6 Å². The lowest BCUT2D eigenvalue weighted by Crippen LogP contribution is -2.31. The summed E-state index contributed by atoms with van der Waals surface area (Å²) >= 11 is 10.6. The smallest absolute Gasteiger partial charge is 0.293 e. The van der Waals surface area contributed by atoms with Gasteiger partial charge in [-0.1, -0.05) is 45.7 Å². The van der Waals surface area contributed by atoms with Crippen molar-refractivity contribution < 1.29 is 23.8 Å². The molecule has 0 spiro atoms. The lowest BCUT2D eigenvalue weighted by atomic mass is 10.1. The molecule has 0 radical (unpaired) electrons. The zero-order valence-corrected chi connectivity index (χ0v) is 19.5. The zero-order chi connectivity index (χ0) is 21.7. The highest BCUT2D eigenvalue weighted by Gasteiger charge is 2.34. The molecule has 1 saturated heterocycles. The standard InChI is InChI=1S/C21H19BrClNO5S/c1-27-8-7-24-20(25)19(30-21(24)26)10-14-9-17(28-2)18(11-15(14)22)29-12-13-5-3-4-6-16(13)23/h3-6,9-11H,7-8,12H2,1-2H3/b19-10+. The number of thioether (sulfide) groups is 1. The van der Waals surface area contributed by atoms with E-state index in [-0.39, 0.29) is 24.3 Å². The normalized spacial score (nSPS) is 15.2. The second kappa shape index (κ2) is 10.3. The van der Waals surface area contributed by atoms with Crippen LogP contribution in [0.25, 0.3) is 6.08 Å². The molecule has 0 atom stereocenters. The minimum atomic E-state index is -0.341. The molecule has 1 aliphatic heterocycles. The monoisotopic (exact) mass is 511 g/mol. The number of carbonyl (C=O) groups is 2. The van der Waals surface area contributed by atoms with Gasteiger partial charge in [0.05, 0.1) is 25.2 Å². The Hall–Kier alpha value is -2.00. The molecule has 2 amide bonds. The number of hydrogen-bond donors (Lipinski definition) is 0. The predicted octanol–water partition coefficient (Wildman–Crippen LogP) is 5.37. The molecule has 0 N–H and O–H groups in total. The van der Waals surface area contributed by atoms with Crippen molar-refractivity contribution >= 4 is 56.5 Å². The van der Waals surface area contributed by atoms with Gasteiger partial charge in [0.2, 0.25) is 0 Å². The lowest BCUT2D eigenvalue weighted by Gasteiger charge is -2.14. The highest BCUT2D eigenvalue weighted by molar-refractivity contribution is 9.10. The first kappa shape index (κ1) is 22.7. The summed E-state index contributed by atoms with van der Waals surface area (Å²) in [5.74, 6) is 0.678. The third kappa shape index (κ3) is 5.18. The Morgan fingerprint density at radius 3 is 2.63 bits per heavy atom. The maximum absolute atomic E-state index is 12.5. The van der Waals surface area contributed by atoms with Crippen molar-refractivity contribution in [2.75, 3.05) is 27.4 Å². The van der Waals surface area contributed by atoms with Crippen LogP contribution in [0.15, 0.2) is 45.8 Å². The second-order valence-electron chi connectivity index (χ2n) is 6.23. The van der Waals surface area contributed by atoms with Gasteiger partial charge in [-0.25, -0.2) is 0 Å². The maximum Gasteiger partial charge on any atom is 0.293 e. The molecule has 9 heteroatoms. The molecule has 1 heterocycles. The number of methoxy groups -OCH3 is 2. The van der Waals surface area contributed by atoms with Crippen LogP contribution in [0.5, 0.6) is 11.5 Å². The van der Waals surface area contributed by atoms with Crippen LogP contribution in [0.1, 0.15) is 11.1 Å². The maximum atomic E-state index is 12.5. The van der Waals surface area contributed by atoms with Gasteiger partial charge in [0.1, 0.15) is 6.61 Å². The summed E-state index contributed by atoms with van der Waals surface area (Å²) in [7, 11) is 3.06. The average Bonchev–Trinajstić information content (AvgIpc) is 3.00. The molecule has 0 bridgehead atoms. The molecular formula is C21H19BrClNO5S. The first-order valence-electron chi connectivity index (χ1n) is 8.92. The van der Waals surface area contributed by atoms with Crippen molar-refractivity contribution in [3.8, 4) is 11.5 Å². The number of ether oxygens (including phenoxy) is 3. The third-order valence-corrected chi connectivity index (χ3v) is 6.27. The molecule has 0 saturated carbocycles. The van der Waals surface area contributed by atoms with Gasteiger partial charge in [-0.3, -0.25) is 14.5 Å². The molecule has 2 aromatic rings. The molecule has 3 rings (SSSR count).